The van der Waals surface area contributed by atoms with E-state index in [4.69, 9.17) is 11.5 Å². The lowest BCUT2D eigenvalue weighted by atomic mass is 10.0. The third kappa shape index (κ3) is 7.00. The Labute approximate surface area is 190 Å². The van der Waals surface area contributed by atoms with Crippen molar-refractivity contribution in [2.45, 2.75) is 63.7 Å². The molecule has 2 heterocycles. The lowest BCUT2D eigenvalue weighted by molar-refractivity contribution is -0.146. The Balaban J connectivity index is 2.07. The SMILES string of the molecule is CC(C)C(NC(=O)C(N)Cc1cnc[nH]1)C(=O)N1CCCC1C(=O)NC(CC(N)=O)C(=O)O. The number of carbonyl (C=O) groups is 5. The molecule has 1 aromatic heterocycles. The normalized spacial score (nSPS) is 18.4. The Morgan fingerprint density at radius 2 is 1.97 bits per heavy atom. The molecule has 8 N–H and O–H groups in total. The molecule has 2 rings (SSSR count). The summed E-state index contributed by atoms with van der Waals surface area (Å²) in [5, 5.41) is 14.2. The van der Waals surface area contributed by atoms with Gasteiger partial charge in [-0.1, -0.05) is 13.8 Å². The number of hydrogen-bond donors (Lipinski definition) is 6. The summed E-state index contributed by atoms with van der Waals surface area (Å²) in [5.74, 6) is -4.27. The summed E-state index contributed by atoms with van der Waals surface area (Å²) < 4.78 is 0. The van der Waals surface area contributed by atoms with Gasteiger partial charge in [0.15, 0.2) is 0 Å². The smallest absolute Gasteiger partial charge is 0.326 e. The molecule has 0 spiro atoms. The highest BCUT2D eigenvalue weighted by molar-refractivity contribution is 5.95. The van der Waals surface area contributed by atoms with E-state index < -0.39 is 60.2 Å². The van der Waals surface area contributed by atoms with E-state index in [1.165, 1.54) is 11.2 Å². The van der Waals surface area contributed by atoms with Crippen molar-refractivity contribution in [3.8, 4) is 0 Å². The van der Waals surface area contributed by atoms with E-state index in [2.05, 4.69) is 20.6 Å². The van der Waals surface area contributed by atoms with E-state index in [-0.39, 0.29) is 18.9 Å². The van der Waals surface area contributed by atoms with Gasteiger partial charge in [-0.15, -0.1) is 0 Å². The molecular formula is C20H31N7O6. The summed E-state index contributed by atoms with van der Waals surface area (Å²) in [7, 11) is 0. The van der Waals surface area contributed by atoms with Crippen LogP contribution in [0.1, 0.15) is 38.8 Å². The third-order valence-electron chi connectivity index (χ3n) is 5.42. The molecule has 1 saturated heterocycles. The van der Waals surface area contributed by atoms with Crippen molar-refractivity contribution in [3.63, 3.8) is 0 Å². The van der Waals surface area contributed by atoms with Gasteiger partial charge in [-0.25, -0.2) is 9.78 Å². The molecule has 0 saturated carbocycles. The summed E-state index contributed by atoms with van der Waals surface area (Å²) in [6.07, 6.45) is 3.50. The lowest BCUT2D eigenvalue weighted by Crippen LogP contribution is -2.58. The minimum Gasteiger partial charge on any atom is -0.480 e. The maximum absolute atomic E-state index is 13.3. The zero-order valence-electron chi connectivity index (χ0n) is 18.6. The Hall–Kier alpha value is -3.48. The predicted molar refractivity (Wildman–Crippen MR) is 115 cm³/mol. The number of carboxylic acids is 1. The van der Waals surface area contributed by atoms with Crippen molar-refractivity contribution in [3.05, 3.63) is 18.2 Å². The highest BCUT2D eigenvalue weighted by Gasteiger charge is 2.40. The van der Waals surface area contributed by atoms with E-state index >= 15 is 0 Å². The highest BCUT2D eigenvalue weighted by Crippen LogP contribution is 2.21. The maximum atomic E-state index is 13.3. The number of nitrogens with zero attached hydrogens (tertiary/aromatic N) is 2. The number of aromatic amines is 1. The van der Waals surface area contributed by atoms with Crippen LogP contribution in [-0.4, -0.2) is 80.3 Å². The molecule has 1 aromatic rings. The molecule has 4 unspecified atom stereocenters. The summed E-state index contributed by atoms with van der Waals surface area (Å²) in [5.41, 5.74) is 11.7. The van der Waals surface area contributed by atoms with Gasteiger partial charge in [0.2, 0.25) is 23.6 Å². The third-order valence-corrected chi connectivity index (χ3v) is 5.42. The van der Waals surface area contributed by atoms with E-state index in [1.807, 2.05) is 0 Å². The van der Waals surface area contributed by atoms with Crippen molar-refractivity contribution in [2.24, 2.45) is 17.4 Å². The second kappa shape index (κ2) is 11.4. The topological polar surface area (TPSA) is 214 Å². The van der Waals surface area contributed by atoms with Crippen LogP contribution in [0.4, 0.5) is 0 Å². The van der Waals surface area contributed by atoms with Gasteiger partial charge in [0.1, 0.15) is 18.1 Å². The van der Waals surface area contributed by atoms with Gasteiger partial charge in [-0.05, 0) is 18.8 Å². The zero-order chi connectivity index (χ0) is 24.7. The molecule has 0 bridgehead atoms. The van der Waals surface area contributed by atoms with Gasteiger partial charge in [-0.2, -0.15) is 0 Å². The van der Waals surface area contributed by atoms with Crippen molar-refractivity contribution < 1.29 is 29.1 Å². The van der Waals surface area contributed by atoms with E-state index in [0.29, 0.717) is 18.5 Å². The summed E-state index contributed by atoms with van der Waals surface area (Å²) in [6, 6.07) is -4.26. The van der Waals surface area contributed by atoms with Crippen LogP contribution in [0.25, 0.3) is 0 Å². The fraction of sp³-hybridized carbons (Fsp3) is 0.600. The van der Waals surface area contributed by atoms with E-state index in [0.717, 1.165) is 0 Å². The Morgan fingerprint density at radius 1 is 1.27 bits per heavy atom. The van der Waals surface area contributed by atoms with E-state index in [9.17, 15) is 29.1 Å². The van der Waals surface area contributed by atoms with Gasteiger partial charge < -0.3 is 37.1 Å². The minimum atomic E-state index is -1.49. The van der Waals surface area contributed by atoms with Crippen LogP contribution in [-0.2, 0) is 30.4 Å². The number of carbonyl (C=O) groups excluding carboxylic acids is 4. The number of H-pyrrole nitrogens is 1. The van der Waals surface area contributed by atoms with Gasteiger partial charge in [0.05, 0.1) is 18.8 Å². The molecule has 0 aromatic carbocycles. The predicted octanol–water partition coefficient (Wildman–Crippen LogP) is -2.14. The molecule has 4 atom stereocenters. The van der Waals surface area contributed by atoms with E-state index in [1.54, 1.807) is 20.0 Å². The summed E-state index contributed by atoms with van der Waals surface area (Å²) in [4.78, 5) is 69.1. The molecule has 0 radical (unpaired) electrons. The highest BCUT2D eigenvalue weighted by atomic mass is 16.4. The van der Waals surface area contributed by atoms with Crippen LogP contribution in [0.15, 0.2) is 12.5 Å². The molecule has 13 nitrogen and oxygen atoms in total. The number of nitrogens with two attached hydrogens (primary N) is 2. The first-order valence-electron chi connectivity index (χ1n) is 10.7. The van der Waals surface area contributed by atoms with Gasteiger partial charge in [0, 0.05) is 24.9 Å². The average molecular weight is 466 g/mol. The number of amides is 4. The van der Waals surface area contributed by atoms with Gasteiger partial charge in [-0.3, -0.25) is 19.2 Å². The number of carboxylic acid groups (broad SMARTS) is 1. The first-order chi connectivity index (χ1) is 15.5. The average Bonchev–Trinajstić information content (AvgIpc) is 3.42. The number of hydrogen-bond acceptors (Lipinski definition) is 7. The van der Waals surface area contributed by atoms with Crippen molar-refractivity contribution in [2.75, 3.05) is 6.54 Å². The summed E-state index contributed by atoms with van der Waals surface area (Å²) >= 11 is 0. The fourth-order valence-electron chi connectivity index (χ4n) is 3.65. The zero-order valence-corrected chi connectivity index (χ0v) is 18.6. The number of aliphatic carboxylic acids is 1. The molecule has 13 heteroatoms. The number of rotatable bonds is 11. The monoisotopic (exact) mass is 465 g/mol. The molecule has 1 aliphatic heterocycles. The van der Waals surface area contributed by atoms with Crippen LogP contribution < -0.4 is 22.1 Å². The molecule has 4 amide bonds. The lowest BCUT2D eigenvalue weighted by Gasteiger charge is -2.31. The first-order valence-corrected chi connectivity index (χ1v) is 10.7. The Kier molecular flexibility index (Phi) is 8.91. The number of aromatic nitrogens is 2. The quantitative estimate of drug-likeness (QED) is 0.211. The maximum Gasteiger partial charge on any atom is 0.326 e. The molecule has 1 aliphatic rings. The molecule has 33 heavy (non-hydrogen) atoms. The number of imidazole rings is 1. The molecule has 1 fully saturated rings. The van der Waals surface area contributed by atoms with Crippen molar-refractivity contribution in [1.82, 2.24) is 25.5 Å². The standard InChI is InChI=1S/C20H31N7O6/c1-10(2)16(26-17(29)12(21)6-11-8-23-9-24-11)19(31)27-5-3-4-14(27)18(30)25-13(20(32)33)7-15(22)28/h8-10,12-14,16H,3-7,21H2,1-2H3,(H2,22,28)(H,23,24)(H,25,30)(H,26,29)(H,32,33). The second-order valence-electron chi connectivity index (χ2n) is 8.38. The Bertz CT molecular complexity index is 872. The van der Waals surface area contributed by atoms with Crippen molar-refractivity contribution in [1.29, 1.82) is 0 Å². The van der Waals surface area contributed by atoms with Crippen LogP contribution in [0.2, 0.25) is 0 Å². The molecular weight excluding hydrogens is 434 g/mol. The molecule has 0 aliphatic carbocycles. The van der Waals surface area contributed by atoms with Crippen molar-refractivity contribution >= 4 is 29.6 Å². The van der Waals surface area contributed by atoms with Gasteiger partial charge >= 0.3 is 5.97 Å². The van der Waals surface area contributed by atoms with Crippen LogP contribution in [0.5, 0.6) is 0 Å². The fourth-order valence-corrected chi connectivity index (χ4v) is 3.65. The number of nitrogens with one attached hydrogen (secondary N) is 3. The largest absolute Gasteiger partial charge is 0.480 e. The minimum absolute atomic E-state index is 0.204. The second-order valence-corrected chi connectivity index (χ2v) is 8.38. The summed E-state index contributed by atoms with van der Waals surface area (Å²) in [6.45, 7) is 3.77. The van der Waals surface area contributed by atoms with Crippen LogP contribution >= 0.6 is 0 Å². The number of likely N-dealkylation sites (tertiary alicyclic amines) is 1. The van der Waals surface area contributed by atoms with Crippen LogP contribution in [0.3, 0.4) is 0 Å². The molecule has 182 valence electrons. The Morgan fingerprint density at radius 3 is 2.52 bits per heavy atom. The van der Waals surface area contributed by atoms with Crippen LogP contribution in [0, 0.1) is 5.92 Å². The van der Waals surface area contributed by atoms with Gasteiger partial charge in [0.25, 0.3) is 0 Å². The number of primary amides is 1. The first kappa shape index (κ1) is 25.8.